The zero-order valence-corrected chi connectivity index (χ0v) is 3.90. The van der Waals surface area contributed by atoms with Crippen LogP contribution in [-0.4, -0.2) is 6.34 Å². The molecule has 1 rings (SSSR count). The van der Waals surface area contributed by atoms with Crippen molar-refractivity contribution in [1.82, 2.24) is 4.72 Å². The van der Waals surface area contributed by atoms with Crippen LogP contribution in [0, 0.1) is 0 Å². The summed E-state index contributed by atoms with van der Waals surface area (Å²) in [5, 5.41) is 1.88. The van der Waals surface area contributed by atoms with Crippen LogP contribution in [0.2, 0.25) is 0 Å². The Morgan fingerprint density at radius 1 is 1.67 bits per heavy atom. The average Bonchev–Trinajstić information content (AvgIpc) is 1.72. The van der Waals surface area contributed by atoms with Crippen LogP contribution in [0.1, 0.15) is 0 Å². The van der Waals surface area contributed by atoms with E-state index in [0.717, 1.165) is 0 Å². The van der Waals surface area contributed by atoms with Crippen LogP contribution in [0.3, 0.4) is 0 Å². The van der Waals surface area contributed by atoms with Crippen LogP contribution in [0.15, 0.2) is 16.6 Å². The highest BCUT2D eigenvalue weighted by Gasteiger charge is 1.75. The van der Waals surface area contributed by atoms with Gasteiger partial charge in [-0.15, -0.1) is 0 Å². The topological polar surface area (TPSA) is 24.4 Å². The molecule has 0 saturated heterocycles. The molecule has 0 aromatic heterocycles. The van der Waals surface area contributed by atoms with Crippen molar-refractivity contribution < 1.29 is 0 Å². The van der Waals surface area contributed by atoms with Gasteiger partial charge in [-0.1, -0.05) is 0 Å². The third-order valence-electron chi connectivity index (χ3n) is 0.410. The quantitative estimate of drug-likeness (QED) is 0.454. The van der Waals surface area contributed by atoms with Crippen molar-refractivity contribution in [2.75, 3.05) is 0 Å². The van der Waals surface area contributed by atoms with Gasteiger partial charge in [0.05, 0.1) is 6.34 Å². The van der Waals surface area contributed by atoms with Crippen molar-refractivity contribution >= 4 is 18.3 Å². The maximum Gasteiger partial charge on any atom is 0.0980 e. The Balaban J connectivity index is 2.46. The number of hydrogen-bond acceptors (Lipinski definition) is 3. The van der Waals surface area contributed by atoms with Crippen LogP contribution in [0.4, 0.5) is 0 Å². The van der Waals surface area contributed by atoms with E-state index < -0.39 is 0 Å². The molecule has 1 heterocycles. The van der Waals surface area contributed by atoms with Gasteiger partial charge in [-0.25, -0.2) is 4.99 Å². The van der Waals surface area contributed by atoms with E-state index in [1.807, 2.05) is 5.41 Å². The van der Waals surface area contributed by atoms with Gasteiger partial charge in [0.15, 0.2) is 0 Å². The van der Waals surface area contributed by atoms with Crippen molar-refractivity contribution in [1.29, 1.82) is 0 Å². The Kier molecular flexibility index (Phi) is 1.17. The third-order valence-corrected chi connectivity index (χ3v) is 0.910. The van der Waals surface area contributed by atoms with Crippen LogP contribution in [0.25, 0.3) is 0 Å². The summed E-state index contributed by atoms with van der Waals surface area (Å²) < 4.78 is 2.82. The minimum Gasteiger partial charge on any atom is -0.317 e. The van der Waals surface area contributed by atoms with Gasteiger partial charge in [0.1, 0.15) is 0 Å². The molecule has 3 heteroatoms. The Labute approximate surface area is 40.5 Å². The first-order chi connectivity index (χ1) is 3.00. The lowest BCUT2D eigenvalue weighted by atomic mass is 11.0. The Hall–Kier alpha value is -0.440. The molecule has 0 bridgehead atoms. The number of nitrogens with zero attached hydrogens (tertiary/aromatic N) is 1. The maximum atomic E-state index is 3.74. The first-order valence-corrected chi connectivity index (χ1v) is 2.46. The monoisotopic (exact) mass is 100 g/mol. The number of nitrogens with one attached hydrogen (secondary N) is 1. The standard InChI is InChI=1S/C3H4N2S/c1-2-6-5-3-4-1/h1-3H,(H,4,5). The van der Waals surface area contributed by atoms with E-state index >= 15 is 0 Å². The summed E-state index contributed by atoms with van der Waals surface area (Å²) in [5.74, 6) is 0. The van der Waals surface area contributed by atoms with Crippen LogP contribution in [0.5, 0.6) is 0 Å². The van der Waals surface area contributed by atoms with Gasteiger partial charge in [-0.3, -0.25) is 0 Å². The van der Waals surface area contributed by atoms with Gasteiger partial charge in [0, 0.05) is 11.6 Å². The van der Waals surface area contributed by atoms with Gasteiger partial charge in [-0.05, 0) is 11.9 Å². The second-order valence-electron chi connectivity index (χ2n) is 0.799. The molecular weight excluding hydrogens is 96.1 g/mol. The predicted molar refractivity (Wildman–Crippen MR) is 28.4 cm³/mol. The average molecular weight is 100 g/mol. The fourth-order valence-corrected chi connectivity index (χ4v) is 0.540. The fourth-order valence-electron chi connectivity index (χ4n) is 0.209. The summed E-state index contributed by atoms with van der Waals surface area (Å²) in [6, 6.07) is 0. The number of aliphatic imine (C=N–C) groups is 1. The van der Waals surface area contributed by atoms with Crippen LogP contribution in [-0.2, 0) is 0 Å². The Morgan fingerprint density at radius 3 is 2.83 bits per heavy atom. The summed E-state index contributed by atoms with van der Waals surface area (Å²) in [4.78, 5) is 3.74. The molecule has 6 heavy (non-hydrogen) atoms. The van der Waals surface area contributed by atoms with Crippen molar-refractivity contribution in [3.05, 3.63) is 11.6 Å². The lowest BCUT2D eigenvalue weighted by Gasteiger charge is -1.92. The van der Waals surface area contributed by atoms with Crippen LogP contribution < -0.4 is 4.72 Å². The smallest absolute Gasteiger partial charge is 0.0980 e. The highest BCUT2D eigenvalue weighted by atomic mass is 32.2. The van der Waals surface area contributed by atoms with E-state index in [2.05, 4.69) is 9.71 Å². The SMILES string of the molecule is C1=CSNC=N1. The minimum atomic E-state index is 1.52. The van der Waals surface area contributed by atoms with Gasteiger partial charge in [-0.2, -0.15) is 0 Å². The molecule has 0 radical (unpaired) electrons. The normalized spacial score (nSPS) is 17.3. The summed E-state index contributed by atoms with van der Waals surface area (Å²) >= 11 is 1.52. The molecule has 0 aromatic carbocycles. The molecule has 0 unspecified atom stereocenters. The molecule has 0 aliphatic carbocycles. The van der Waals surface area contributed by atoms with E-state index in [4.69, 9.17) is 0 Å². The number of rotatable bonds is 0. The lowest BCUT2D eigenvalue weighted by Crippen LogP contribution is -1.97. The first-order valence-electron chi connectivity index (χ1n) is 1.58. The summed E-state index contributed by atoms with van der Waals surface area (Å²) in [6.45, 7) is 0. The molecule has 1 aliphatic heterocycles. The molecule has 0 aromatic rings. The zero-order chi connectivity index (χ0) is 4.24. The minimum absolute atomic E-state index is 1.52. The van der Waals surface area contributed by atoms with E-state index in [-0.39, 0.29) is 0 Å². The van der Waals surface area contributed by atoms with Crippen LogP contribution >= 0.6 is 11.9 Å². The van der Waals surface area contributed by atoms with Gasteiger partial charge < -0.3 is 4.72 Å². The van der Waals surface area contributed by atoms with Gasteiger partial charge in [0.25, 0.3) is 0 Å². The highest BCUT2D eigenvalue weighted by molar-refractivity contribution is 8.00. The predicted octanol–water partition coefficient (Wildman–Crippen LogP) is 0.737. The summed E-state index contributed by atoms with van der Waals surface area (Å²) in [5.41, 5.74) is 0. The van der Waals surface area contributed by atoms with Crippen molar-refractivity contribution in [2.24, 2.45) is 4.99 Å². The van der Waals surface area contributed by atoms with Crippen molar-refractivity contribution in [3.8, 4) is 0 Å². The fraction of sp³-hybridized carbons (Fsp3) is 0. The molecule has 0 atom stereocenters. The molecular formula is C3H4N2S. The summed E-state index contributed by atoms with van der Waals surface area (Å²) in [7, 11) is 0. The molecule has 0 saturated carbocycles. The molecule has 2 nitrogen and oxygen atoms in total. The molecule has 1 N–H and O–H groups in total. The molecule has 0 amide bonds. The Bertz CT molecular complexity index is 74.8. The third kappa shape index (κ3) is 0.755. The van der Waals surface area contributed by atoms with E-state index in [9.17, 15) is 0 Å². The molecule has 0 spiro atoms. The molecule has 32 valence electrons. The lowest BCUT2D eigenvalue weighted by molar-refractivity contribution is 1.48. The highest BCUT2D eigenvalue weighted by Crippen LogP contribution is 1.95. The van der Waals surface area contributed by atoms with Gasteiger partial charge in [0.2, 0.25) is 0 Å². The summed E-state index contributed by atoms with van der Waals surface area (Å²) in [6.07, 6.45) is 3.38. The van der Waals surface area contributed by atoms with Crippen molar-refractivity contribution in [2.45, 2.75) is 0 Å². The van der Waals surface area contributed by atoms with Crippen molar-refractivity contribution in [3.63, 3.8) is 0 Å². The zero-order valence-electron chi connectivity index (χ0n) is 3.09. The first kappa shape index (κ1) is 3.74. The molecule has 1 aliphatic rings. The Morgan fingerprint density at radius 2 is 2.67 bits per heavy atom. The second kappa shape index (κ2) is 1.87. The maximum absolute atomic E-state index is 3.74. The number of hydrogen-bond donors (Lipinski definition) is 1. The van der Waals surface area contributed by atoms with Gasteiger partial charge >= 0.3 is 0 Å². The molecule has 0 fully saturated rings. The second-order valence-corrected chi connectivity index (χ2v) is 1.54. The van der Waals surface area contributed by atoms with E-state index in [1.54, 1.807) is 12.5 Å². The largest absolute Gasteiger partial charge is 0.317 e. The van der Waals surface area contributed by atoms with E-state index in [1.165, 1.54) is 11.9 Å². The van der Waals surface area contributed by atoms with E-state index in [0.29, 0.717) is 0 Å².